The smallest absolute Gasteiger partial charge is 0.232 e. The molecule has 0 radical (unpaired) electrons. The van der Waals surface area contributed by atoms with Gasteiger partial charge in [-0.2, -0.15) is 0 Å². The third kappa shape index (κ3) is 5.51. The van der Waals surface area contributed by atoms with E-state index in [1.165, 1.54) is 19.3 Å². The summed E-state index contributed by atoms with van der Waals surface area (Å²) in [7, 11) is 1.85. The van der Waals surface area contributed by atoms with Crippen LogP contribution in [0.1, 0.15) is 33.1 Å². The molecule has 1 atom stereocenters. The number of hydrogen-bond acceptors (Lipinski definition) is 3. The Morgan fingerprint density at radius 1 is 1.38 bits per heavy atom. The third-order valence-electron chi connectivity index (χ3n) is 3.27. The zero-order chi connectivity index (χ0) is 12.2. The fraction of sp³-hybridized carbons (Fsp3) is 1.00. The van der Waals surface area contributed by atoms with Gasteiger partial charge in [0.15, 0.2) is 0 Å². The lowest BCUT2D eigenvalue weighted by Gasteiger charge is -2.26. The topological polar surface area (TPSA) is 43.4 Å². The van der Waals surface area contributed by atoms with E-state index in [4.69, 9.17) is 15.4 Å². The highest BCUT2D eigenvalue weighted by Gasteiger charge is 2.22. The predicted octanol–water partition coefficient (Wildman–Crippen LogP) is 2.64. The molecule has 5 heteroatoms. The van der Waals surface area contributed by atoms with E-state index in [2.05, 4.69) is 0 Å². The fourth-order valence-electron chi connectivity index (χ4n) is 1.73. The average molecular weight is 269 g/mol. The standard InChI is InChI=1S/C11H21ClO3S/c1-9(2)11(8-16(12,13)14)7-15-6-10-4-3-5-10/h9-11H,3-8H2,1-2H3. The molecule has 0 bridgehead atoms. The van der Waals surface area contributed by atoms with Crippen molar-refractivity contribution in [2.24, 2.45) is 17.8 Å². The van der Waals surface area contributed by atoms with Gasteiger partial charge in [0.25, 0.3) is 0 Å². The van der Waals surface area contributed by atoms with Gasteiger partial charge >= 0.3 is 0 Å². The summed E-state index contributed by atoms with van der Waals surface area (Å²) in [6, 6.07) is 0. The molecule has 3 nitrogen and oxygen atoms in total. The minimum Gasteiger partial charge on any atom is -0.381 e. The van der Waals surface area contributed by atoms with E-state index in [1.54, 1.807) is 0 Å². The first-order chi connectivity index (χ1) is 7.38. The van der Waals surface area contributed by atoms with Gasteiger partial charge in [-0.1, -0.05) is 20.3 Å². The second-order valence-corrected chi connectivity index (χ2v) is 7.87. The van der Waals surface area contributed by atoms with Crippen molar-refractivity contribution in [3.8, 4) is 0 Å². The van der Waals surface area contributed by atoms with Crippen LogP contribution in [0.3, 0.4) is 0 Å². The lowest BCUT2D eigenvalue weighted by molar-refractivity contribution is 0.0430. The van der Waals surface area contributed by atoms with Gasteiger partial charge in [0.05, 0.1) is 12.4 Å². The zero-order valence-corrected chi connectivity index (χ0v) is 11.6. The van der Waals surface area contributed by atoms with Crippen LogP contribution < -0.4 is 0 Å². The normalized spacial score (nSPS) is 19.8. The molecule has 1 aliphatic rings. The Balaban J connectivity index is 2.27. The molecule has 0 heterocycles. The van der Waals surface area contributed by atoms with Crippen LogP contribution in [-0.4, -0.2) is 27.4 Å². The summed E-state index contributed by atoms with van der Waals surface area (Å²) < 4.78 is 27.6. The molecular formula is C11H21ClO3S. The maximum Gasteiger partial charge on any atom is 0.232 e. The Morgan fingerprint density at radius 3 is 2.38 bits per heavy atom. The first-order valence-corrected chi connectivity index (χ1v) is 8.36. The van der Waals surface area contributed by atoms with E-state index in [1.807, 2.05) is 13.8 Å². The van der Waals surface area contributed by atoms with E-state index in [0.717, 1.165) is 6.61 Å². The molecule has 0 saturated heterocycles. The summed E-state index contributed by atoms with van der Waals surface area (Å²) in [5, 5.41) is 0. The molecule has 0 aromatic rings. The Bertz CT molecular complexity index is 296. The number of halogens is 1. The molecule has 0 N–H and O–H groups in total. The van der Waals surface area contributed by atoms with Gasteiger partial charge in [-0.05, 0) is 30.6 Å². The highest BCUT2D eigenvalue weighted by molar-refractivity contribution is 8.13. The van der Waals surface area contributed by atoms with Crippen molar-refractivity contribution in [1.29, 1.82) is 0 Å². The van der Waals surface area contributed by atoms with Crippen molar-refractivity contribution in [2.45, 2.75) is 33.1 Å². The van der Waals surface area contributed by atoms with Crippen molar-refractivity contribution in [3.05, 3.63) is 0 Å². The molecule has 16 heavy (non-hydrogen) atoms. The zero-order valence-electron chi connectivity index (χ0n) is 9.99. The summed E-state index contributed by atoms with van der Waals surface area (Å²) in [6.07, 6.45) is 3.80. The Hall–Kier alpha value is 0.200. The number of ether oxygens (including phenoxy) is 1. The predicted molar refractivity (Wildman–Crippen MR) is 66.1 cm³/mol. The second-order valence-electron chi connectivity index (χ2n) is 5.04. The Kier molecular flexibility index (Phi) is 5.54. The molecule has 0 spiro atoms. The quantitative estimate of drug-likeness (QED) is 0.667. The summed E-state index contributed by atoms with van der Waals surface area (Å²) in [5.41, 5.74) is 0. The summed E-state index contributed by atoms with van der Waals surface area (Å²) >= 11 is 0. The van der Waals surface area contributed by atoms with E-state index in [9.17, 15) is 8.42 Å². The number of rotatable bonds is 7. The van der Waals surface area contributed by atoms with Crippen molar-refractivity contribution in [1.82, 2.24) is 0 Å². The van der Waals surface area contributed by atoms with Crippen molar-refractivity contribution < 1.29 is 13.2 Å². The van der Waals surface area contributed by atoms with Crippen LogP contribution in [0, 0.1) is 17.8 Å². The van der Waals surface area contributed by atoms with Gasteiger partial charge in [0.2, 0.25) is 9.05 Å². The lowest BCUT2D eigenvalue weighted by atomic mass is 9.86. The molecule has 1 fully saturated rings. The summed E-state index contributed by atoms with van der Waals surface area (Å²) in [5.74, 6) is 0.981. The first kappa shape index (κ1) is 14.3. The van der Waals surface area contributed by atoms with Gasteiger partial charge in [0, 0.05) is 17.3 Å². The molecule has 0 amide bonds. The van der Waals surface area contributed by atoms with Gasteiger partial charge in [0.1, 0.15) is 0 Å². The van der Waals surface area contributed by atoms with Crippen molar-refractivity contribution in [3.63, 3.8) is 0 Å². The molecular weight excluding hydrogens is 248 g/mol. The van der Waals surface area contributed by atoms with Crippen LogP contribution >= 0.6 is 10.7 Å². The first-order valence-electron chi connectivity index (χ1n) is 5.88. The van der Waals surface area contributed by atoms with E-state index in [-0.39, 0.29) is 17.6 Å². The molecule has 0 aromatic carbocycles. The summed E-state index contributed by atoms with van der Waals surface area (Å²) in [6.45, 7) is 5.27. The van der Waals surface area contributed by atoms with E-state index >= 15 is 0 Å². The SMILES string of the molecule is CC(C)C(COCC1CCC1)CS(=O)(=O)Cl. The number of hydrogen-bond donors (Lipinski definition) is 0. The maximum absolute atomic E-state index is 11.0. The van der Waals surface area contributed by atoms with Crippen molar-refractivity contribution in [2.75, 3.05) is 19.0 Å². The van der Waals surface area contributed by atoms with Gasteiger partial charge < -0.3 is 4.74 Å². The molecule has 1 rings (SSSR count). The third-order valence-corrected chi connectivity index (χ3v) is 4.47. The molecule has 0 aromatic heterocycles. The molecule has 0 aliphatic heterocycles. The Labute approximate surface area is 103 Å². The van der Waals surface area contributed by atoms with Crippen LogP contribution in [0.5, 0.6) is 0 Å². The maximum atomic E-state index is 11.0. The monoisotopic (exact) mass is 268 g/mol. The Morgan fingerprint density at radius 2 is 2.00 bits per heavy atom. The average Bonchev–Trinajstić information content (AvgIpc) is 2.04. The molecule has 1 aliphatic carbocycles. The minimum absolute atomic E-state index is 0.00239. The van der Waals surface area contributed by atoms with Crippen LogP contribution in [0.25, 0.3) is 0 Å². The fourth-order valence-corrected chi connectivity index (χ4v) is 3.21. The lowest BCUT2D eigenvalue weighted by Crippen LogP contribution is -2.26. The molecule has 96 valence electrons. The van der Waals surface area contributed by atoms with E-state index in [0.29, 0.717) is 12.5 Å². The van der Waals surface area contributed by atoms with Crippen LogP contribution in [0.4, 0.5) is 0 Å². The van der Waals surface area contributed by atoms with Crippen LogP contribution in [0.2, 0.25) is 0 Å². The van der Waals surface area contributed by atoms with Gasteiger partial charge in [-0.25, -0.2) is 8.42 Å². The minimum atomic E-state index is -3.42. The molecule has 1 unspecified atom stereocenters. The summed E-state index contributed by atoms with van der Waals surface area (Å²) in [4.78, 5) is 0. The van der Waals surface area contributed by atoms with Crippen molar-refractivity contribution >= 4 is 19.7 Å². The second kappa shape index (κ2) is 6.22. The van der Waals surface area contributed by atoms with E-state index < -0.39 is 9.05 Å². The van der Waals surface area contributed by atoms with Crippen LogP contribution in [-0.2, 0) is 13.8 Å². The highest BCUT2D eigenvalue weighted by atomic mass is 35.7. The van der Waals surface area contributed by atoms with Gasteiger partial charge in [-0.3, -0.25) is 0 Å². The van der Waals surface area contributed by atoms with Crippen LogP contribution in [0.15, 0.2) is 0 Å². The molecule has 1 saturated carbocycles. The van der Waals surface area contributed by atoms with Gasteiger partial charge in [-0.15, -0.1) is 0 Å². The largest absolute Gasteiger partial charge is 0.381 e. The highest BCUT2D eigenvalue weighted by Crippen LogP contribution is 2.26.